The van der Waals surface area contributed by atoms with Gasteiger partial charge in [0.15, 0.2) is 0 Å². The van der Waals surface area contributed by atoms with Crippen LogP contribution in [0, 0.1) is 0 Å². The van der Waals surface area contributed by atoms with Gasteiger partial charge in [-0.05, 0) is 42.7 Å². The van der Waals surface area contributed by atoms with Gasteiger partial charge in [0.25, 0.3) is 5.91 Å². The van der Waals surface area contributed by atoms with Crippen molar-refractivity contribution in [2.45, 2.75) is 19.1 Å². The average molecular weight is 491 g/mol. The number of thioether (sulfide) groups is 1. The normalized spacial score (nSPS) is 11.7. The number of amides is 1. The minimum absolute atomic E-state index is 0.119. The lowest BCUT2D eigenvalue weighted by atomic mass is 10.1. The molecule has 0 heterocycles. The Morgan fingerprint density at radius 3 is 2.63 bits per heavy atom. The van der Waals surface area contributed by atoms with E-state index in [2.05, 4.69) is 21.2 Å². The Morgan fingerprint density at radius 1 is 1.22 bits per heavy atom. The molecular formula is C19H18BrCl2NO3S. The van der Waals surface area contributed by atoms with Gasteiger partial charge in [0.1, 0.15) is 12.6 Å². The van der Waals surface area contributed by atoms with E-state index >= 15 is 0 Å². The first-order valence-corrected chi connectivity index (χ1v) is 11.0. The topological polar surface area (TPSA) is 55.4 Å². The Morgan fingerprint density at radius 2 is 1.96 bits per heavy atom. The number of ether oxygens (including phenoxy) is 1. The molecule has 0 aliphatic heterocycles. The first-order valence-electron chi connectivity index (χ1n) is 8.07. The molecule has 0 saturated carbocycles. The van der Waals surface area contributed by atoms with Crippen molar-refractivity contribution in [2.75, 3.05) is 12.0 Å². The van der Waals surface area contributed by atoms with Crippen molar-refractivity contribution in [3.05, 3.63) is 68.1 Å². The van der Waals surface area contributed by atoms with Crippen molar-refractivity contribution >= 4 is 62.8 Å². The fourth-order valence-electron chi connectivity index (χ4n) is 2.26. The van der Waals surface area contributed by atoms with E-state index in [-0.39, 0.29) is 17.2 Å². The maximum atomic E-state index is 12.5. The second kappa shape index (κ2) is 11.0. The maximum Gasteiger partial charge on any atom is 0.329 e. The molecule has 0 aliphatic rings. The molecule has 0 spiro atoms. The monoisotopic (exact) mass is 489 g/mol. The summed E-state index contributed by atoms with van der Waals surface area (Å²) >= 11 is 16.9. The molecule has 144 valence electrons. The molecule has 1 N–H and O–H groups in total. The Kier molecular flexibility index (Phi) is 8.96. The number of carbonyl (C=O) groups excluding carboxylic acids is 2. The van der Waals surface area contributed by atoms with Gasteiger partial charge in [-0.1, -0.05) is 57.3 Å². The molecule has 2 aromatic rings. The van der Waals surface area contributed by atoms with Crippen molar-refractivity contribution in [2.24, 2.45) is 0 Å². The highest BCUT2D eigenvalue weighted by Gasteiger charge is 2.24. The van der Waals surface area contributed by atoms with Crippen molar-refractivity contribution < 1.29 is 14.3 Å². The molecule has 27 heavy (non-hydrogen) atoms. The van der Waals surface area contributed by atoms with Gasteiger partial charge in [0, 0.05) is 15.1 Å². The van der Waals surface area contributed by atoms with E-state index in [4.69, 9.17) is 27.9 Å². The molecule has 1 atom stereocenters. The summed E-state index contributed by atoms with van der Waals surface area (Å²) in [6.45, 7) is 0.119. The fraction of sp³-hybridized carbons (Fsp3) is 0.263. The number of esters is 1. The summed E-state index contributed by atoms with van der Waals surface area (Å²) in [5.41, 5.74) is 1.11. The fourth-order valence-corrected chi connectivity index (χ4v) is 3.62. The molecule has 1 amide bonds. The first kappa shape index (κ1) is 22.1. The Balaban J connectivity index is 2.05. The molecule has 0 bridgehead atoms. The van der Waals surface area contributed by atoms with Gasteiger partial charge >= 0.3 is 5.97 Å². The number of rotatable bonds is 8. The van der Waals surface area contributed by atoms with Crippen molar-refractivity contribution in [1.82, 2.24) is 5.32 Å². The lowest BCUT2D eigenvalue weighted by molar-refractivity contribution is -0.147. The minimum atomic E-state index is -0.765. The number of halogens is 3. The molecular weight excluding hydrogens is 473 g/mol. The average Bonchev–Trinajstić information content (AvgIpc) is 2.64. The summed E-state index contributed by atoms with van der Waals surface area (Å²) in [6, 6.07) is 11.3. The number of hydrogen-bond donors (Lipinski definition) is 1. The van der Waals surface area contributed by atoms with E-state index < -0.39 is 17.9 Å². The van der Waals surface area contributed by atoms with Crippen LogP contribution in [0.4, 0.5) is 0 Å². The van der Waals surface area contributed by atoms with Crippen LogP contribution >= 0.6 is 50.9 Å². The van der Waals surface area contributed by atoms with Gasteiger partial charge in [-0.15, -0.1) is 0 Å². The molecule has 0 aromatic heterocycles. The second-order valence-electron chi connectivity index (χ2n) is 5.63. The smallest absolute Gasteiger partial charge is 0.329 e. The first-order chi connectivity index (χ1) is 12.9. The van der Waals surface area contributed by atoms with Crippen LogP contribution in [0.15, 0.2) is 46.9 Å². The van der Waals surface area contributed by atoms with Gasteiger partial charge in [-0.2, -0.15) is 11.8 Å². The van der Waals surface area contributed by atoms with E-state index in [0.29, 0.717) is 17.2 Å². The van der Waals surface area contributed by atoms with Gasteiger partial charge in [0.05, 0.1) is 10.6 Å². The zero-order valence-corrected chi connectivity index (χ0v) is 18.4. The maximum absolute atomic E-state index is 12.5. The van der Waals surface area contributed by atoms with Gasteiger partial charge in [0.2, 0.25) is 0 Å². The Labute approximate surface area is 181 Å². The summed E-state index contributed by atoms with van der Waals surface area (Å²) in [5, 5.41) is 3.37. The van der Waals surface area contributed by atoms with Gasteiger partial charge in [-0.25, -0.2) is 4.79 Å². The molecule has 0 saturated heterocycles. The minimum Gasteiger partial charge on any atom is -0.459 e. The largest absolute Gasteiger partial charge is 0.459 e. The standard InChI is InChI=1S/C19H18BrCl2NO3S/c1-27-9-8-17(19(25)26-11-12-4-2-3-5-15(12)20)23-18(24)14-7-6-13(21)10-16(14)22/h2-7,10,17H,8-9,11H2,1H3,(H,23,24). The Hall–Kier alpha value is -1.21. The highest BCUT2D eigenvalue weighted by atomic mass is 79.9. The van der Waals surface area contributed by atoms with Gasteiger partial charge < -0.3 is 10.1 Å². The molecule has 4 nitrogen and oxygen atoms in total. The molecule has 2 rings (SSSR count). The summed E-state index contributed by atoms with van der Waals surface area (Å²) in [7, 11) is 0. The zero-order valence-electron chi connectivity index (χ0n) is 14.5. The van der Waals surface area contributed by atoms with Crippen molar-refractivity contribution in [3.8, 4) is 0 Å². The van der Waals surface area contributed by atoms with Crippen LogP contribution in [-0.4, -0.2) is 29.9 Å². The molecule has 0 radical (unpaired) electrons. The number of carbonyl (C=O) groups is 2. The molecule has 0 fully saturated rings. The quantitative estimate of drug-likeness (QED) is 0.506. The van der Waals surface area contributed by atoms with Crippen LogP contribution in [0.25, 0.3) is 0 Å². The number of nitrogens with one attached hydrogen (secondary N) is 1. The van der Waals surface area contributed by atoms with Crippen LogP contribution in [0.3, 0.4) is 0 Å². The number of benzene rings is 2. The second-order valence-corrected chi connectivity index (χ2v) is 8.31. The summed E-state index contributed by atoms with van der Waals surface area (Å²) in [6.07, 6.45) is 2.38. The number of hydrogen-bond acceptors (Lipinski definition) is 4. The highest BCUT2D eigenvalue weighted by molar-refractivity contribution is 9.10. The third kappa shape index (κ3) is 6.71. The summed E-state index contributed by atoms with van der Waals surface area (Å²) in [4.78, 5) is 25.0. The van der Waals surface area contributed by atoms with E-state index in [9.17, 15) is 9.59 Å². The van der Waals surface area contributed by atoms with Crippen molar-refractivity contribution in [3.63, 3.8) is 0 Å². The SMILES string of the molecule is CSCCC(NC(=O)c1ccc(Cl)cc1Cl)C(=O)OCc1ccccc1Br. The lowest BCUT2D eigenvalue weighted by Gasteiger charge is -2.18. The molecule has 0 aliphatic carbocycles. The van der Waals surface area contributed by atoms with Crippen LogP contribution in [0.5, 0.6) is 0 Å². The molecule has 1 unspecified atom stereocenters. The summed E-state index contributed by atoms with van der Waals surface area (Å²) in [5.74, 6) is -0.234. The van der Waals surface area contributed by atoms with Crippen LogP contribution in [-0.2, 0) is 16.1 Å². The van der Waals surface area contributed by atoms with Crippen LogP contribution in [0.2, 0.25) is 10.0 Å². The highest BCUT2D eigenvalue weighted by Crippen LogP contribution is 2.21. The van der Waals surface area contributed by atoms with E-state index in [1.165, 1.54) is 12.1 Å². The van der Waals surface area contributed by atoms with Crippen LogP contribution < -0.4 is 5.32 Å². The van der Waals surface area contributed by atoms with Gasteiger partial charge in [-0.3, -0.25) is 4.79 Å². The van der Waals surface area contributed by atoms with Crippen LogP contribution in [0.1, 0.15) is 22.3 Å². The third-order valence-electron chi connectivity index (χ3n) is 3.70. The molecule has 8 heteroatoms. The third-order valence-corrected chi connectivity index (χ3v) is 5.67. The molecule has 2 aromatic carbocycles. The van der Waals surface area contributed by atoms with E-state index in [0.717, 1.165) is 10.0 Å². The zero-order chi connectivity index (χ0) is 19.8. The van der Waals surface area contributed by atoms with Crippen molar-refractivity contribution in [1.29, 1.82) is 0 Å². The van der Waals surface area contributed by atoms with E-state index in [1.807, 2.05) is 30.5 Å². The predicted octanol–water partition coefficient (Wildman–Crippen LogP) is 5.35. The predicted molar refractivity (Wildman–Crippen MR) is 115 cm³/mol. The Bertz CT molecular complexity index is 819. The summed E-state index contributed by atoms with van der Waals surface area (Å²) < 4.78 is 6.26. The van der Waals surface area contributed by atoms with E-state index in [1.54, 1.807) is 17.8 Å². The lowest BCUT2D eigenvalue weighted by Crippen LogP contribution is -2.42.